The Bertz CT molecular complexity index is 772. The van der Waals surface area contributed by atoms with E-state index in [1.807, 2.05) is 24.3 Å². The van der Waals surface area contributed by atoms with Crippen molar-refractivity contribution in [1.82, 2.24) is 4.98 Å². The number of aromatic nitrogens is 1. The summed E-state index contributed by atoms with van der Waals surface area (Å²) in [6.45, 7) is 2.08. The van der Waals surface area contributed by atoms with E-state index in [1.165, 1.54) is 5.56 Å². The molecule has 0 radical (unpaired) electrons. The summed E-state index contributed by atoms with van der Waals surface area (Å²) in [7, 11) is 0. The van der Waals surface area contributed by atoms with Gasteiger partial charge < -0.3 is 5.11 Å². The molecular formula is C18H15NOS. The monoisotopic (exact) mass is 293 g/mol. The Balaban J connectivity index is 1.80. The van der Waals surface area contributed by atoms with E-state index in [9.17, 15) is 5.11 Å². The standard InChI is InChI=1S/C18H15NOS/c1-13-5-8-15(9-6-13)17-12-21-18(19-17)10-7-14-3-2-4-16(20)11-14/h2-12,20H,1H3. The molecule has 0 amide bonds. The van der Waals surface area contributed by atoms with E-state index < -0.39 is 0 Å². The Morgan fingerprint density at radius 3 is 2.62 bits per heavy atom. The number of aromatic hydroxyl groups is 1. The van der Waals surface area contributed by atoms with Crippen LogP contribution in [0.2, 0.25) is 0 Å². The van der Waals surface area contributed by atoms with Crippen molar-refractivity contribution in [2.75, 3.05) is 0 Å². The van der Waals surface area contributed by atoms with Crippen molar-refractivity contribution in [3.8, 4) is 17.0 Å². The summed E-state index contributed by atoms with van der Waals surface area (Å²) in [5.41, 5.74) is 4.34. The number of thiazole rings is 1. The van der Waals surface area contributed by atoms with Gasteiger partial charge in [-0.2, -0.15) is 0 Å². The van der Waals surface area contributed by atoms with Crippen LogP contribution in [0.1, 0.15) is 16.1 Å². The van der Waals surface area contributed by atoms with Crippen molar-refractivity contribution in [2.45, 2.75) is 6.92 Å². The molecule has 104 valence electrons. The molecule has 0 aliphatic heterocycles. The quantitative estimate of drug-likeness (QED) is 0.737. The molecule has 3 heteroatoms. The largest absolute Gasteiger partial charge is 0.508 e. The highest BCUT2D eigenvalue weighted by Crippen LogP contribution is 2.23. The summed E-state index contributed by atoms with van der Waals surface area (Å²) >= 11 is 1.61. The number of hydrogen-bond donors (Lipinski definition) is 1. The molecule has 0 unspecified atom stereocenters. The maximum atomic E-state index is 9.44. The Hall–Kier alpha value is -2.39. The SMILES string of the molecule is Cc1ccc(-c2csc(C=Cc3cccc(O)c3)n2)cc1. The van der Waals surface area contributed by atoms with Crippen molar-refractivity contribution in [3.05, 3.63) is 70.0 Å². The Morgan fingerprint density at radius 2 is 1.86 bits per heavy atom. The van der Waals surface area contributed by atoms with Crippen molar-refractivity contribution in [2.24, 2.45) is 0 Å². The Morgan fingerprint density at radius 1 is 1.05 bits per heavy atom. The lowest BCUT2D eigenvalue weighted by Crippen LogP contribution is -1.79. The molecule has 0 spiro atoms. The first kappa shape index (κ1) is 13.6. The summed E-state index contributed by atoms with van der Waals surface area (Å²) in [5, 5.41) is 12.5. The van der Waals surface area contributed by atoms with Crippen molar-refractivity contribution < 1.29 is 5.11 Å². The van der Waals surface area contributed by atoms with Crippen LogP contribution in [-0.4, -0.2) is 10.1 Å². The van der Waals surface area contributed by atoms with E-state index in [2.05, 4.69) is 41.6 Å². The number of aryl methyl sites for hydroxylation is 1. The third-order valence-electron chi connectivity index (χ3n) is 3.16. The lowest BCUT2D eigenvalue weighted by molar-refractivity contribution is 0.475. The minimum absolute atomic E-state index is 0.275. The molecule has 0 aliphatic carbocycles. The summed E-state index contributed by atoms with van der Waals surface area (Å²) in [4.78, 5) is 4.62. The van der Waals surface area contributed by atoms with Crippen LogP contribution in [0.4, 0.5) is 0 Å². The molecule has 1 aromatic heterocycles. The van der Waals surface area contributed by atoms with Crippen LogP contribution in [0.25, 0.3) is 23.4 Å². The van der Waals surface area contributed by atoms with Gasteiger partial charge in [-0.1, -0.05) is 48.0 Å². The van der Waals surface area contributed by atoms with E-state index in [-0.39, 0.29) is 5.75 Å². The zero-order valence-electron chi connectivity index (χ0n) is 11.7. The van der Waals surface area contributed by atoms with Gasteiger partial charge in [0, 0.05) is 10.9 Å². The van der Waals surface area contributed by atoms with E-state index in [0.717, 1.165) is 21.8 Å². The van der Waals surface area contributed by atoms with Crippen LogP contribution in [0.15, 0.2) is 53.9 Å². The third-order valence-corrected chi connectivity index (χ3v) is 3.97. The molecule has 0 saturated heterocycles. The number of benzene rings is 2. The number of hydrogen-bond acceptors (Lipinski definition) is 3. The van der Waals surface area contributed by atoms with Crippen LogP contribution in [0.5, 0.6) is 5.75 Å². The van der Waals surface area contributed by atoms with E-state index in [0.29, 0.717) is 0 Å². The van der Waals surface area contributed by atoms with Gasteiger partial charge in [-0.15, -0.1) is 11.3 Å². The molecule has 0 saturated carbocycles. The number of phenols is 1. The maximum absolute atomic E-state index is 9.44. The first-order valence-corrected chi connectivity index (χ1v) is 7.58. The minimum Gasteiger partial charge on any atom is -0.508 e. The predicted octanol–water partition coefficient (Wildman–Crippen LogP) is 4.99. The predicted molar refractivity (Wildman–Crippen MR) is 89.3 cm³/mol. The van der Waals surface area contributed by atoms with Crippen molar-refractivity contribution in [1.29, 1.82) is 0 Å². The van der Waals surface area contributed by atoms with Gasteiger partial charge in [-0.05, 0) is 30.7 Å². The lowest BCUT2D eigenvalue weighted by atomic mass is 10.1. The molecule has 0 bridgehead atoms. The van der Waals surface area contributed by atoms with Crippen LogP contribution in [-0.2, 0) is 0 Å². The van der Waals surface area contributed by atoms with Gasteiger partial charge >= 0.3 is 0 Å². The molecule has 21 heavy (non-hydrogen) atoms. The first-order chi connectivity index (χ1) is 10.2. The molecule has 0 aliphatic rings. The van der Waals surface area contributed by atoms with Crippen LogP contribution < -0.4 is 0 Å². The Kier molecular flexibility index (Phi) is 3.84. The van der Waals surface area contributed by atoms with Gasteiger partial charge in [0.05, 0.1) is 5.69 Å². The van der Waals surface area contributed by atoms with Gasteiger partial charge in [0.15, 0.2) is 0 Å². The first-order valence-electron chi connectivity index (χ1n) is 6.70. The average Bonchev–Trinajstić information content (AvgIpc) is 2.95. The fraction of sp³-hybridized carbons (Fsp3) is 0.0556. The number of phenolic OH excluding ortho intramolecular Hbond substituents is 1. The highest BCUT2D eigenvalue weighted by molar-refractivity contribution is 7.10. The van der Waals surface area contributed by atoms with Gasteiger partial charge in [0.2, 0.25) is 0 Å². The van der Waals surface area contributed by atoms with Crippen molar-refractivity contribution >= 4 is 23.5 Å². The van der Waals surface area contributed by atoms with Crippen LogP contribution >= 0.6 is 11.3 Å². The molecule has 2 nitrogen and oxygen atoms in total. The second kappa shape index (κ2) is 5.94. The van der Waals surface area contributed by atoms with Gasteiger partial charge in [-0.3, -0.25) is 0 Å². The van der Waals surface area contributed by atoms with Crippen molar-refractivity contribution in [3.63, 3.8) is 0 Å². The summed E-state index contributed by atoms with van der Waals surface area (Å²) < 4.78 is 0. The van der Waals surface area contributed by atoms with E-state index >= 15 is 0 Å². The van der Waals surface area contributed by atoms with Gasteiger partial charge in [0.1, 0.15) is 10.8 Å². The van der Waals surface area contributed by atoms with Crippen LogP contribution in [0.3, 0.4) is 0 Å². The fourth-order valence-electron chi connectivity index (χ4n) is 2.02. The molecule has 0 atom stereocenters. The molecule has 1 heterocycles. The third kappa shape index (κ3) is 3.38. The Labute approximate surface area is 128 Å². The minimum atomic E-state index is 0.275. The number of rotatable bonds is 3. The average molecular weight is 293 g/mol. The number of nitrogens with zero attached hydrogens (tertiary/aromatic N) is 1. The second-order valence-corrected chi connectivity index (χ2v) is 5.76. The summed E-state index contributed by atoms with van der Waals surface area (Å²) in [6.07, 6.45) is 3.93. The molecule has 1 N–H and O–H groups in total. The van der Waals surface area contributed by atoms with E-state index in [1.54, 1.807) is 23.5 Å². The molecule has 0 fully saturated rings. The normalized spacial score (nSPS) is 11.1. The van der Waals surface area contributed by atoms with Gasteiger partial charge in [0.25, 0.3) is 0 Å². The summed E-state index contributed by atoms with van der Waals surface area (Å²) in [6, 6.07) is 15.5. The summed E-state index contributed by atoms with van der Waals surface area (Å²) in [5.74, 6) is 0.275. The highest BCUT2D eigenvalue weighted by atomic mass is 32.1. The molecule has 2 aromatic carbocycles. The maximum Gasteiger partial charge on any atom is 0.116 e. The second-order valence-electron chi connectivity index (χ2n) is 4.87. The van der Waals surface area contributed by atoms with Crippen LogP contribution in [0, 0.1) is 6.92 Å². The molecular weight excluding hydrogens is 278 g/mol. The topological polar surface area (TPSA) is 33.1 Å². The molecule has 3 rings (SSSR count). The molecule has 3 aromatic rings. The van der Waals surface area contributed by atoms with Gasteiger partial charge in [-0.25, -0.2) is 4.98 Å². The zero-order chi connectivity index (χ0) is 14.7. The van der Waals surface area contributed by atoms with E-state index in [4.69, 9.17) is 0 Å². The zero-order valence-corrected chi connectivity index (χ0v) is 12.5. The fourth-order valence-corrected chi connectivity index (χ4v) is 2.74. The smallest absolute Gasteiger partial charge is 0.116 e. The highest BCUT2D eigenvalue weighted by Gasteiger charge is 2.02. The lowest BCUT2D eigenvalue weighted by Gasteiger charge is -1.96.